The lowest BCUT2D eigenvalue weighted by Crippen LogP contribution is -2.57. The van der Waals surface area contributed by atoms with Crippen LogP contribution in [0.15, 0.2) is 60.7 Å². The maximum absolute atomic E-state index is 2.77. The van der Waals surface area contributed by atoms with Crippen LogP contribution in [0.25, 0.3) is 0 Å². The molecule has 0 N–H and O–H groups in total. The highest BCUT2D eigenvalue weighted by molar-refractivity contribution is 5.14. The first-order valence-electron chi connectivity index (χ1n) is 15.0. The van der Waals surface area contributed by atoms with Crippen LogP contribution >= 0.6 is 0 Å². The lowest BCUT2D eigenvalue weighted by molar-refractivity contribution is -0.944. The van der Waals surface area contributed by atoms with Crippen LogP contribution in [0.3, 0.4) is 0 Å². The highest BCUT2D eigenvalue weighted by Gasteiger charge is 2.33. The zero-order valence-electron chi connectivity index (χ0n) is 22.7. The van der Waals surface area contributed by atoms with E-state index < -0.39 is 0 Å². The molecule has 196 valence electrons. The third-order valence-electron chi connectivity index (χ3n) is 9.50. The normalized spacial score (nSPS) is 22.9. The van der Waals surface area contributed by atoms with Crippen molar-refractivity contribution in [1.29, 1.82) is 0 Å². The molecule has 0 radical (unpaired) electrons. The minimum Gasteiger partial charge on any atom is -0.319 e. The zero-order chi connectivity index (χ0) is 24.5. The molecule has 3 aliphatic rings. The van der Waals surface area contributed by atoms with Crippen molar-refractivity contribution in [2.24, 2.45) is 0 Å². The largest absolute Gasteiger partial charge is 0.319 e. The Hall–Kier alpha value is -1.72. The first kappa shape index (κ1) is 25.9. The Morgan fingerprint density at radius 3 is 1.19 bits per heavy atom. The van der Waals surface area contributed by atoms with Crippen LogP contribution in [0.2, 0.25) is 0 Å². The third-order valence-corrected chi connectivity index (χ3v) is 9.50. The maximum atomic E-state index is 2.77. The highest BCUT2D eigenvalue weighted by atomic mass is 15.4. The Kier molecular flexibility index (Phi) is 9.13. The van der Waals surface area contributed by atoms with E-state index in [2.05, 4.69) is 70.5 Å². The van der Waals surface area contributed by atoms with Crippen molar-refractivity contribution in [2.45, 2.75) is 51.6 Å². The lowest BCUT2D eigenvalue weighted by Gasteiger charge is -2.45. The minimum absolute atomic E-state index is 1.22. The molecule has 0 aromatic heterocycles. The molecule has 0 spiro atoms. The van der Waals surface area contributed by atoms with Crippen molar-refractivity contribution in [2.75, 3.05) is 78.5 Å². The molecule has 0 amide bonds. The molecular weight excluding hydrogens is 440 g/mol. The zero-order valence-corrected chi connectivity index (χ0v) is 22.7. The molecule has 4 heteroatoms. The van der Waals surface area contributed by atoms with Crippen LogP contribution in [0.5, 0.6) is 0 Å². The van der Waals surface area contributed by atoms with Gasteiger partial charge in [0.05, 0.1) is 39.3 Å². The molecular formula is C32H50N4+2. The molecule has 3 heterocycles. The Labute approximate surface area is 220 Å². The molecule has 0 unspecified atom stereocenters. The monoisotopic (exact) mass is 490 g/mol. The maximum Gasteiger partial charge on any atom is 0.104 e. The third kappa shape index (κ3) is 7.19. The van der Waals surface area contributed by atoms with Gasteiger partial charge >= 0.3 is 0 Å². The van der Waals surface area contributed by atoms with Crippen LogP contribution in [-0.2, 0) is 13.1 Å². The summed E-state index contributed by atoms with van der Waals surface area (Å²) in [7, 11) is 0. The number of likely N-dealkylation sites (tertiary alicyclic amines) is 2. The molecule has 0 atom stereocenters. The predicted octanol–water partition coefficient (Wildman–Crippen LogP) is 5.01. The average Bonchev–Trinajstić information content (AvgIpc) is 2.94. The first-order valence-corrected chi connectivity index (χ1v) is 15.0. The van der Waals surface area contributed by atoms with Crippen molar-refractivity contribution in [3.8, 4) is 0 Å². The van der Waals surface area contributed by atoms with Gasteiger partial charge in [0.1, 0.15) is 13.1 Å². The smallest absolute Gasteiger partial charge is 0.104 e. The number of piperidine rings is 2. The van der Waals surface area contributed by atoms with E-state index in [1.165, 1.54) is 150 Å². The van der Waals surface area contributed by atoms with Gasteiger partial charge in [-0.2, -0.15) is 0 Å². The van der Waals surface area contributed by atoms with Gasteiger partial charge in [-0.3, -0.25) is 9.80 Å². The fraction of sp³-hybridized carbons (Fsp3) is 0.625. The average molecular weight is 491 g/mol. The standard InChI is InChI=1S/C32H50N4/c1-5-13-31(14-6-1)29-35(23-9-3-10-24-35)27-21-33-17-19-34(20-18-33)22-28-36(25-11-4-12-26-36)30-32-15-7-2-8-16-32/h1-2,5-8,13-16H,3-4,9-12,17-30H2/q+2. The number of benzene rings is 2. The van der Waals surface area contributed by atoms with Crippen LogP contribution in [-0.4, -0.2) is 97.3 Å². The predicted molar refractivity (Wildman–Crippen MR) is 151 cm³/mol. The summed E-state index contributed by atoms with van der Waals surface area (Å²) in [6, 6.07) is 22.5. The highest BCUT2D eigenvalue weighted by Crippen LogP contribution is 2.24. The van der Waals surface area contributed by atoms with Crippen LogP contribution in [0.4, 0.5) is 0 Å². The van der Waals surface area contributed by atoms with Crippen LogP contribution < -0.4 is 0 Å². The van der Waals surface area contributed by atoms with Crippen molar-refractivity contribution in [3.05, 3.63) is 71.8 Å². The van der Waals surface area contributed by atoms with Crippen molar-refractivity contribution >= 4 is 0 Å². The summed E-state index contributed by atoms with van der Waals surface area (Å²) in [6.07, 6.45) is 8.48. The number of hydrogen-bond donors (Lipinski definition) is 0. The first-order chi connectivity index (χ1) is 17.7. The molecule has 2 aromatic rings. The molecule has 36 heavy (non-hydrogen) atoms. The van der Waals surface area contributed by atoms with Crippen LogP contribution in [0, 0.1) is 0 Å². The SMILES string of the molecule is c1ccc(C[N+]2(CCN3CCN(CC[N+]4(Cc5ccccc5)CCCCC4)CC3)CCCCC2)cc1. The summed E-state index contributed by atoms with van der Waals surface area (Å²) >= 11 is 0. The Balaban J connectivity index is 1.09. The van der Waals surface area contributed by atoms with Gasteiger partial charge in [-0.25, -0.2) is 0 Å². The topological polar surface area (TPSA) is 6.48 Å². The molecule has 4 nitrogen and oxygen atoms in total. The fourth-order valence-electron chi connectivity index (χ4n) is 7.17. The van der Waals surface area contributed by atoms with E-state index in [0.717, 1.165) is 0 Å². The lowest BCUT2D eigenvalue weighted by atomic mass is 10.0. The Morgan fingerprint density at radius 2 is 0.833 bits per heavy atom. The number of nitrogens with zero attached hydrogens (tertiary/aromatic N) is 4. The molecule has 0 bridgehead atoms. The van der Waals surface area contributed by atoms with Crippen molar-refractivity contribution < 1.29 is 8.97 Å². The van der Waals surface area contributed by atoms with Gasteiger partial charge in [-0.05, 0) is 38.5 Å². The second-order valence-corrected chi connectivity index (χ2v) is 12.1. The number of hydrogen-bond acceptors (Lipinski definition) is 2. The van der Waals surface area contributed by atoms with Gasteiger partial charge in [-0.15, -0.1) is 0 Å². The molecule has 3 aliphatic heterocycles. The second-order valence-electron chi connectivity index (χ2n) is 12.1. The van der Waals surface area contributed by atoms with E-state index in [1.807, 2.05) is 0 Å². The molecule has 5 rings (SSSR count). The van der Waals surface area contributed by atoms with E-state index in [9.17, 15) is 0 Å². The molecule has 2 aromatic carbocycles. The summed E-state index contributed by atoms with van der Waals surface area (Å²) in [5.41, 5.74) is 3.05. The number of piperazine rings is 1. The van der Waals surface area contributed by atoms with E-state index in [-0.39, 0.29) is 0 Å². The summed E-state index contributed by atoms with van der Waals surface area (Å²) in [5.74, 6) is 0. The van der Waals surface area contributed by atoms with E-state index in [1.54, 1.807) is 0 Å². The molecule has 0 saturated carbocycles. The minimum atomic E-state index is 1.22. The second kappa shape index (κ2) is 12.7. The number of quaternary nitrogens is 2. The van der Waals surface area contributed by atoms with Gasteiger partial charge in [0, 0.05) is 50.4 Å². The van der Waals surface area contributed by atoms with Crippen molar-refractivity contribution in [1.82, 2.24) is 9.80 Å². The van der Waals surface area contributed by atoms with E-state index in [0.29, 0.717) is 0 Å². The quantitative estimate of drug-likeness (QED) is 0.432. The summed E-state index contributed by atoms with van der Waals surface area (Å²) < 4.78 is 2.62. The molecule has 0 aliphatic carbocycles. The van der Waals surface area contributed by atoms with Gasteiger partial charge in [-0.1, -0.05) is 60.7 Å². The van der Waals surface area contributed by atoms with Crippen LogP contribution in [0.1, 0.15) is 49.7 Å². The molecule has 3 saturated heterocycles. The van der Waals surface area contributed by atoms with Gasteiger partial charge < -0.3 is 8.97 Å². The summed E-state index contributed by atoms with van der Waals surface area (Å²) in [6.45, 7) is 18.1. The van der Waals surface area contributed by atoms with Crippen molar-refractivity contribution in [3.63, 3.8) is 0 Å². The van der Waals surface area contributed by atoms with Gasteiger partial charge in [0.25, 0.3) is 0 Å². The Bertz CT molecular complexity index is 803. The van der Waals surface area contributed by atoms with Gasteiger partial charge in [0.2, 0.25) is 0 Å². The summed E-state index contributed by atoms with van der Waals surface area (Å²) in [5, 5.41) is 0. The fourth-order valence-corrected chi connectivity index (χ4v) is 7.17. The van der Waals surface area contributed by atoms with E-state index >= 15 is 0 Å². The molecule has 3 fully saturated rings. The van der Waals surface area contributed by atoms with Gasteiger partial charge in [0.15, 0.2) is 0 Å². The Morgan fingerprint density at radius 1 is 0.472 bits per heavy atom. The number of rotatable bonds is 10. The van der Waals surface area contributed by atoms with E-state index in [4.69, 9.17) is 0 Å². The summed E-state index contributed by atoms with van der Waals surface area (Å²) in [4.78, 5) is 5.54.